The van der Waals surface area contributed by atoms with Crippen molar-refractivity contribution in [3.05, 3.63) is 58.2 Å². The number of para-hydroxylation sites is 1. The first-order valence-corrected chi connectivity index (χ1v) is 9.32. The third kappa shape index (κ3) is 5.63. The third-order valence-corrected chi connectivity index (χ3v) is 4.79. The maximum atomic E-state index is 4.50. The molecule has 0 unspecified atom stereocenters. The summed E-state index contributed by atoms with van der Waals surface area (Å²) in [4.78, 5) is 13.3. The van der Waals surface area contributed by atoms with E-state index in [0.29, 0.717) is 0 Å². The molecule has 138 valence electrons. The van der Waals surface area contributed by atoms with Crippen molar-refractivity contribution in [1.82, 2.24) is 20.6 Å². The number of nitrogens with zero attached hydrogens (tertiary/aromatic N) is 3. The van der Waals surface area contributed by atoms with Gasteiger partial charge < -0.3 is 10.6 Å². The summed E-state index contributed by atoms with van der Waals surface area (Å²) in [5.74, 6) is 0.820. The van der Waals surface area contributed by atoms with Crippen LogP contribution in [-0.2, 0) is 12.8 Å². The van der Waals surface area contributed by atoms with Crippen LogP contribution in [0, 0.1) is 6.92 Å². The minimum Gasteiger partial charge on any atom is -0.356 e. The van der Waals surface area contributed by atoms with Gasteiger partial charge in [0, 0.05) is 43.5 Å². The van der Waals surface area contributed by atoms with Gasteiger partial charge in [-0.3, -0.25) is 9.98 Å². The van der Waals surface area contributed by atoms with E-state index >= 15 is 0 Å². The standard InChI is InChI=1S/C19H23N5S.HI/c1-14-24-17(13-25-14)9-12-23-19(20-2)22-11-8-16-6-3-5-15-7-4-10-21-18(15)16;/h3-7,10,13H,8-9,11-12H2,1-2H3,(H2,20,22,23);1H. The molecule has 2 aromatic heterocycles. The van der Waals surface area contributed by atoms with E-state index in [1.807, 2.05) is 19.2 Å². The fraction of sp³-hybridized carbons (Fsp3) is 0.316. The number of hydrogen-bond acceptors (Lipinski definition) is 4. The van der Waals surface area contributed by atoms with Crippen LogP contribution < -0.4 is 10.6 Å². The summed E-state index contributed by atoms with van der Waals surface area (Å²) in [6, 6.07) is 10.4. The van der Waals surface area contributed by atoms with E-state index in [2.05, 4.69) is 55.2 Å². The van der Waals surface area contributed by atoms with Crippen molar-refractivity contribution in [3.63, 3.8) is 0 Å². The number of thiazole rings is 1. The second-order valence-corrected chi connectivity index (χ2v) is 6.84. The van der Waals surface area contributed by atoms with Crippen LogP contribution in [0.2, 0.25) is 0 Å². The van der Waals surface area contributed by atoms with Crippen LogP contribution >= 0.6 is 35.3 Å². The molecule has 0 aliphatic rings. The molecule has 0 atom stereocenters. The number of hydrogen-bond donors (Lipinski definition) is 2. The molecule has 7 heteroatoms. The first-order chi connectivity index (χ1) is 12.3. The Kier molecular flexibility index (Phi) is 8.24. The number of aliphatic imine (C=N–C) groups is 1. The lowest BCUT2D eigenvalue weighted by Gasteiger charge is -2.12. The lowest BCUT2D eigenvalue weighted by atomic mass is 10.1. The number of fused-ring (bicyclic) bond motifs is 1. The molecule has 2 N–H and O–H groups in total. The van der Waals surface area contributed by atoms with Crippen LogP contribution in [0.1, 0.15) is 16.3 Å². The Hall–Kier alpha value is -1.74. The number of nitrogens with one attached hydrogen (secondary N) is 2. The van der Waals surface area contributed by atoms with Crippen LogP contribution in [-0.4, -0.2) is 36.1 Å². The number of rotatable bonds is 6. The van der Waals surface area contributed by atoms with E-state index in [4.69, 9.17) is 0 Å². The number of aryl methyl sites for hydroxylation is 1. The fourth-order valence-corrected chi connectivity index (χ4v) is 3.38. The zero-order valence-corrected chi connectivity index (χ0v) is 18.2. The fourth-order valence-electron chi connectivity index (χ4n) is 2.74. The molecule has 0 aliphatic heterocycles. The van der Waals surface area contributed by atoms with Crippen molar-refractivity contribution in [1.29, 1.82) is 0 Å². The number of aromatic nitrogens is 2. The SMILES string of the molecule is CN=C(NCCc1csc(C)n1)NCCc1cccc2cccnc12.I. The number of halogens is 1. The van der Waals surface area contributed by atoms with Gasteiger partial charge in [0.1, 0.15) is 0 Å². The highest BCUT2D eigenvalue weighted by Crippen LogP contribution is 2.15. The zero-order chi connectivity index (χ0) is 17.5. The average molecular weight is 481 g/mol. The van der Waals surface area contributed by atoms with Crippen LogP contribution in [0.15, 0.2) is 46.9 Å². The molecule has 0 aliphatic carbocycles. The second kappa shape index (κ2) is 10.4. The Labute approximate surface area is 175 Å². The van der Waals surface area contributed by atoms with Crippen molar-refractivity contribution in [2.24, 2.45) is 4.99 Å². The largest absolute Gasteiger partial charge is 0.356 e. The summed E-state index contributed by atoms with van der Waals surface area (Å²) in [7, 11) is 1.79. The molecule has 26 heavy (non-hydrogen) atoms. The van der Waals surface area contributed by atoms with E-state index in [1.54, 1.807) is 18.4 Å². The van der Waals surface area contributed by atoms with Gasteiger partial charge in [-0.25, -0.2) is 4.98 Å². The van der Waals surface area contributed by atoms with Crippen molar-refractivity contribution >= 4 is 52.2 Å². The Bertz CT molecular complexity index is 857. The monoisotopic (exact) mass is 481 g/mol. The first-order valence-electron chi connectivity index (χ1n) is 8.44. The van der Waals surface area contributed by atoms with E-state index in [-0.39, 0.29) is 24.0 Å². The second-order valence-electron chi connectivity index (χ2n) is 5.78. The van der Waals surface area contributed by atoms with Gasteiger partial charge in [0.05, 0.1) is 16.2 Å². The van der Waals surface area contributed by atoms with E-state index in [9.17, 15) is 0 Å². The molecule has 2 heterocycles. The molecule has 0 fully saturated rings. The topological polar surface area (TPSA) is 62.2 Å². The maximum Gasteiger partial charge on any atom is 0.190 e. The number of pyridine rings is 1. The number of benzene rings is 1. The summed E-state index contributed by atoms with van der Waals surface area (Å²) in [5, 5.41) is 11.1. The molecule has 3 rings (SSSR count). The molecule has 3 aromatic rings. The van der Waals surface area contributed by atoms with Crippen LogP contribution in [0.3, 0.4) is 0 Å². The highest BCUT2D eigenvalue weighted by Gasteiger charge is 2.03. The lowest BCUT2D eigenvalue weighted by Crippen LogP contribution is -2.39. The van der Waals surface area contributed by atoms with Crippen LogP contribution in [0.25, 0.3) is 10.9 Å². The molecule has 5 nitrogen and oxygen atoms in total. The van der Waals surface area contributed by atoms with Crippen LogP contribution in [0.4, 0.5) is 0 Å². The summed E-state index contributed by atoms with van der Waals surface area (Å²) in [6.07, 6.45) is 3.65. The molecular weight excluding hydrogens is 457 g/mol. The summed E-state index contributed by atoms with van der Waals surface area (Å²) < 4.78 is 0. The summed E-state index contributed by atoms with van der Waals surface area (Å²) in [5.41, 5.74) is 3.46. The van der Waals surface area contributed by atoms with E-state index < -0.39 is 0 Å². The van der Waals surface area contributed by atoms with E-state index in [1.165, 1.54) is 10.9 Å². The molecule has 1 aromatic carbocycles. The van der Waals surface area contributed by atoms with Gasteiger partial charge >= 0.3 is 0 Å². The molecule has 0 saturated heterocycles. The van der Waals surface area contributed by atoms with E-state index in [0.717, 1.165) is 48.1 Å². The maximum absolute atomic E-state index is 4.50. The zero-order valence-electron chi connectivity index (χ0n) is 15.0. The normalized spacial score (nSPS) is 11.2. The Morgan fingerprint density at radius 2 is 1.88 bits per heavy atom. The van der Waals surface area contributed by atoms with Crippen molar-refractivity contribution in [2.75, 3.05) is 20.1 Å². The highest BCUT2D eigenvalue weighted by molar-refractivity contribution is 14.0. The molecule has 0 spiro atoms. The smallest absolute Gasteiger partial charge is 0.190 e. The highest BCUT2D eigenvalue weighted by atomic mass is 127. The molecular formula is C19H24IN5S. The minimum absolute atomic E-state index is 0. The van der Waals surface area contributed by atoms with Crippen molar-refractivity contribution in [3.8, 4) is 0 Å². The van der Waals surface area contributed by atoms with Gasteiger partial charge in [-0.15, -0.1) is 35.3 Å². The third-order valence-electron chi connectivity index (χ3n) is 3.97. The van der Waals surface area contributed by atoms with Crippen LogP contribution in [0.5, 0.6) is 0 Å². The molecule has 0 bridgehead atoms. The predicted octanol–water partition coefficient (Wildman–Crippen LogP) is 3.57. The molecule has 0 amide bonds. The predicted molar refractivity (Wildman–Crippen MR) is 121 cm³/mol. The summed E-state index contributed by atoms with van der Waals surface area (Å²) >= 11 is 1.69. The molecule has 0 saturated carbocycles. The van der Waals surface area contributed by atoms with Gasteiger partial charge in [0.25, 0.3) is 0 Å². The molecule has 0 radical (unpaired) electrons. The Morgan fingerprint density at radius 1 is 1.12 bits per heavy atom. The number of guanidine groups is 1. The Morgan fingerprint density at radius 3 is 2.62 bits per heavy atom. The lowest BCUT2D eigenvalue weighted by molar-refractivity contribution is 0.778. The van der Waals surface area contributed by atoms with Gasteiger partial charge in [-0.2, -0.15) is 0 Å². The van der Waals surface area contributed by atoms with Gasteiger partial charge in [0.15, 0.2) is 5.96 Å². The first kappa shape index (κ1) is 20.6. The van der Waals surface area contributed by atoms with Gasteiger partial charge in [0.2, 0.25) is 0 Å². The minimum atomic E-state index is 0. The van der Waals surface area contributed by atoms with Gasteiger partial charge in [-0.05, 0) is 25.0 Å². The summed E-state index contributed by atoms with van der Waals surface area (Å²) in [6.45, 7) is 3.66. The quantitative estimate of drug-likeness (QED) is 0.321. The average Bonchev–Trinajstić information content (AvgIpc) is 3.05. The van der Waals surface area contributed by atoms with Gasteiger partial charge in [-0.1, -0.05) is 24.3 Å². The van der Waals surface area contributed by atoms with Crippen molar-refractivity contribution < 1.29 is 0 Å². The Balaban J connectivity index is 0.00000243. The van der Waals surface area contributed by atoms with Crippen molar-refractivity contribution in [2.45, 2.75) is 19.8 Å².